The zero-order chi connectivity index (χ0) is 18.9. The van der Waals surface area contributed by atoms with Crippen molar-refractivity contribution < 1.29 is 13.2 Å². The van der Waals surface area contributed by atoms with Crippen LogP contribution in [-0.4, -0.2) is 33.4 Å². The van der Waals surface area contributed by atoms with Crippen molar-refractivity contribution >= 4 is 33.0 Å². The third-order valence-electron chi connectivity index (χ3n) is 5.04. The first-order valence-corrected chi connectivity index (χ1v) is 10.7. The molecule has 0 amide bonds. The fourth-order valence-corrected chi connectivity index (χ4v) is 6.35. The van der Waals surface area contributed by atoms with Crippen LogP contribution in [0.5, 0.6) is 0 Å². The Hall–Kier alpha value is -1.11. The molecule has 3 atom stereocenters. The summed E-state index contributed by atoms with van der Waals surface area (Å²) in [5, 5.41) is 0.456. The van der Waals surface area contributed by atoms with Gasteiger partial charge in [0.1, 0.15) is 0 Å². The van der Waals surface area contributed by atoms with Crippen LogP contribution in [0.15, 0.2) is 53.4 Å². The zero-order valence-electron chi connectivity index (χ0n) is 14.4. The maximum Gasteiger partial charge on any atom is 0.182 e. The molecule has 0 bridgehead atoms. The summed E-state index contributed by atoms with van der Waals surface area (Å²) in [6.45, 7) is 2.90. The van der Waals surface area contributed by atoms with Crippen molar-refractivity contribution in [3.63, 3.8) is 0 Å². The predicted molar refractivity (Wildman–Crippen MR) is 105 cm³/mol. The summed E-state index contributed by atoms with van der Waals surface area (Å²) in [6, 6.07) is 13.5. The molecule has 1 fully saturated rings. The minimum absolute atomic E-state index is 0.220. The predicted octanol–water partition coefficient (Wildman–Crippen LogP) is 3.91. The molecule has 26 heavy (non-hydrogen) atoms. The molecule has 1 aliphatic rings. The highest BCUT2D eigenvalue weighted by Crippen LogP contribution is 2.63. The van der Waals surface area contributed by atoms with E-state index in [2.05, 4.69) is 0 Å². The Balaban J connectivity index is 2.03. The van der Waals surface area contributed by atoms with Gasteiger partial charge < -0.3 is 10.5 Å². The van der Waals surface area contributed by atoms with Gasteiger partial charge in [-0.2, -0.15) is 0 Å². The van der Waals surface area contributed by atoms with Gasteiger partial charge in [-0.05, 0) is 48.9 Å². The summed E-state index contributed by atoms with van der Waals surface area (Å²) >= 11 is 11.9. The van der Waals surface area contributed by atoms with Gasteiger partial charge in [0.05, 0.1) is 16.8 Å². The first-order chi connectivity index (χ1) is 12.4. The van der Waals surface area contributed by atoms with E-state index in [0.717, 1.165) is 5.56 Å². The second-order valence-electron chi connectivity index (χ2n) is 6.52. The smallest absolute Gasteiger partial charge is 0.182 e. The minimum atomic E-state index is -3.59. The lowest BCUT2D eigenvalue weighted by Crippen LogP contribution is -2.29. The van der Waals surface area contributed by atoms with Gasteiger partial charge in [0, 0.05) is 34.5 Å². The summed E-state index contributed by atoms with van der Waals surface area (Å²) in [5.74, 6) is -0.239. The normalized spacial score (nSPS) is 25.2. The molecule has 1 aliphatic carbocycles. The van der Waals surface area contributed by atoms with E-state index in [0.29, 0.717) is 23.3 Å². The van der Waals surface area contributed by atoms with Crippen molar-refractivity contribution in [3.8, 4) is 0 Å². The van der Waals surface area contributed by atoms with E-state index in [1.807, 2.05) is 19.1 Å². The molecule has 4 nitrogen and oxygen atoms in total. The van der Waals surface area contributed by atoms with Crippen LogP contribution in [0.25, 0.3) is 0 Å². The van der Waals surface area contributed by atoms with Crippen LogP contribution in [0.2, 0.25) is 10.0 Å². The van der Waals surface area contributed by atoms with Gasteiger partial charge in [-0.3, -0.25) is 0 Å². The highest BCUT2D eigenvalue weighted by molar-refractivity contribution is 7.92. The van der Waals surface area contributed by atoms with Crippen LogP contribution in [-0.2, 0) is 14.6 Å². The molecule has 3 rings (SSSR count). The molecule has 0 aromatic heterocycles. The summed E-state index contributed by atoms with van der Waals surface area (Å²) in [7, 11) is -3.59. The number of hydrogen-bond donors (Lipinski definition) is 1. The summed E-state index contributed by atoms with van der Waals surface area (Å²) in [6.07, 6.45) is 0. The largest absolute Gasteiger partial charge is 0.381 e. The van der Waals surface area contributed by atoms with Crippen LogP contribution < -0.4 is 5.73 Å². The van der Waals surface area contributed by atoms with Gasteiger partial charge in [-0.25, -0.2) is 8.42 Å². The lowest BCUT2D eigenvalue weighted by molar-refractivity contribution is 0.101. The van der Waals surface area contributed by atoms with Gasteiger partial charge >= 0.3 is 0 Å². The molecule has 0 saturated heterocycles. The Morgan fingerprint density at radius 3 is 2.08 bits per heavy atom. The van der Waals surface area contributed by atoms with Crippen LogP contribution in [0, 0.1) is 5.41 Å². The van der Waals surface area contributed by atoms with E-state index in [1.54, 1.807) is 24.3 Å². The zero-order valence-corrected chi connectivity index (χ0v) is 16.7. The number of nitrogens with two attached hydrogens (primary N) is 1. The molecule has 2 aromatic rings. The maximum atomic E-state index is 13.3. The second kappa shape index (κ2) is 7.49. The Bertz CT molecular complexity index is 869. The minimum Gasteiger partial charge on any atom is -0.381 e. The van der Waals surface area contributed by atoms with E-state index in [-0.39, 0.29) is 17.4 Å². The molecule has 140 valence electrons. The molecule has 2 aromatic carbocycles. The average Bonchev–Trinajstić information content (AvgIpc) is 3.31. The molecule has 0 heterocycles. The first kappa shape index (κ1) is 19.6. The number of sulfone groups is 1. The first-order valence-electron chi connectivity index (χ1n) is 8.39. The standard InChI is InChI=1S/C19H21Cl2NO3S/c1-2-25-12-19(11-22)17(13-3-5-14(20)6-4-13)18(19)26(23,24)16-9-7-15(21)8-10-16/h3-10,17-18H,2,11-12,22H2,1H3/t17-,18+,19+/m1/s1. The van der Waals surface area contributed by atoms with E-state index in [4.69, 9.17) is 33.7 Å². The quantitative estimate of drug-likeness (QED) is 0.746. The SMILES string of the molecule is CCOC[C@@]1(CN)[C@H](c2ccc(Cl)cc2)[C@@H]1S(=O)(=O)c1ccc(Cl)cc1. The monoisotopic (exact) mass is 413 g/mol. The van der Waals surface area contributed by atoms with E-state index in [9.17, 15) is 8.42 Å². The van der Waals surface area contributed by atoms with Crippen molar-refractivity contribution in [2.45, 2.75) is 23.0 Å². The fourth-order valence-electron chi connectivity index (χ4n) is 3.66. The van der Waals surface area contributed by atoms with Crippen molar-refractivity contribution in [1.82, 2.24) is 0 Å². The highest BCUT2D eigenvalue weighted by Gasteiger charge is 2.70. The maximum absolute atomic E-state index is 13.3. The lowest BCUT2D eigenvalue weighted by atomic mass is 10.00. The number of rotatable bonds is 7. The van der Waals surface area contributed by atoms with Gasteiger partial charge in [-0.15, -0.1) is 0 Å². The summed E-state index contributed by atoms with van der Waals surface area (Å²) in [4.78, 5) is 0.248. The summed E-state index contributed by atoms with van der Waals surface area (Å²) in [5.41, 5.74) is 6.32. The lowest BCUT2D eigenvalue weighted by Gasteiger charge is -2.16. The molecule has 1 saturated carbocycles. The Labute approximate surface area is 164 Å². The molecular weight excluding hydrogens is 393 g/mol. The van der Waals surface area contributed by atoms with E-state index >= 15 is 0 Å². The van der Waals surface area contributed by atoms with Crippen molar-refractivity contribution in [1.29, 1.82) is 0 Å². The van der Waals surface area contributed by atoms with Gasteiger partial charge in [-0.1, -0.05) is 35.3 Å². The van der Waals surface area contributed by atoms with Crippen molar-refractivity contribution in [3.05, 3.63) is 64.1 Å². The molecular formula is C19H21Cl2NO3S. The number of benzene rings is 2. The fraction of sp³-hybridized carbons (Fsp3) is 0.368. The van der Waals surface area contributed by atoms with E-state index in [1.165, 1.54) is 12.1 Å². The molecule has 0 unspecified atom stereocenters. The highest BCUT2D eigenvalue weighted by atomic mass is 35.5. The van der Waals surface area contributed by atoms with Crippen LogP contribution in [0.3, 0.4) is 0 Å². The van der Waals surface area contributed by atoms with Crippen molar-refractivity contribution in [2.24, 2.45) is 11.1 Å². The Morgan fingerprint density at radius 1 is 1.04 bits per heavy atom. The molecule has 7 heteroatoms. The van der Waals surface area contributed by atoms with Gasteiger partial charge in [0.15, 0.2) is 9.84 Å². The third kappa shape index (κ3) is 3.39. The topological polar surface area (TPSA) is 69.4 Å². The molecule has 0 radical (unpaired) electrons. The van der Waals surface area contributed by atoms with Crippen LogP contribution in [0.1, 0.15) is 18.4 Å². The molecule has 0 spiro atoms. The number of ether oxygens (including phenoxy) is 1. The second-order valence-corrected chi connectivity index (χ2v) is 9.47. The third-order valence-corrected chi connectivity index (χ3v) is 7.88. The average molecular weight is 414 g/mol. The van der Waals surface area contributed by atoms with E-state index < -0.39 is 20.5 Å². The van der Waals surface area contributed by atoms with Crippen LogP contribution in [0.4, 0.5) is 0 Å². The molecule has 0 aliphatic heterocycles. The number of hydrogen-bond acceptors (Lipinski definition) is 4. The van der Waals surface area contributed by atoms with Crippen LogP contribution >= 0.6 is 23.2 Å². The summed E-state index contributed by atoms with van der Waals surface area (Å²) < 4.78 is 32.2. The Morgan fingerprint density at radius 2 is 1.58 bits per heavy atom. The number of halogens is 2. The van der Waals surface area contributed by atoms with Crippen molar-refractivity contribution in [2.75, 3.05) is 19.8 Å². The van der Waals surface area contributed by atoms with Gasteiger partial charge in [0.2, 0.25) is 0 Å². The van der Waals surface area contributed by atoms with Gasteiger partial charge in [0.25, 0.3) is 0 Å². The Kier molecular flexibility index (Phi) is 5.66. The molecule has 2 N–H and O–H groups in total.